The third-order valence-electron chi connectivity index (χ3n) is 3.84. The average molecular weight is 346 g/mol. The van der Waals surface area contributed by atoms with E-state index in [9.17, 15) is 13.2 Å². The Bertz CT molecular complexity index is 804. The Morgan fingerprint density at radius 3 is 2.29 bits per heavy atom. The highest BCUT2D eigenvalue weighted by Crippen LogP contribution is 2.24. The van der Waals surface area contributed by atoms with Crippen LogP contribution in [0.4, 0.5) is 0 Å². The molecule has 0 fully saturated rings. The molecule has 1 amide bonds. The Hall–Kier alpha value is -2.18. The van der Waals surface area contributed by atoms with E-state index < -0.39 is 15.9 Å². The molecule has 2 aromatic rings. The number of hydrogen-bond acceptors (Lipinski definition) is 4. The van der Waals surface area contributed by atoms with Gasteiger partial charge in [-0.3, -0.25) is 4.79 Å². The van der Waals surface area contributed by atoms with E-state index in [1.807, 2.05) is 30.3 Å². The van der Waals surface area contributed by atoms with E-state index in [0.29, 0.717) is 5.56 Å². The molecule has 2 aromatic carbocycles. The predicted molar refractivity (Wildman–Crippen MR) is 94.2 cm³/mol. The lowest BCUT2D eigenvalue weighted by Gasteiger charge is -2.22. The predicted octanol–water partition coefficient (Wildman–Crippen LogP) is 1.89. The van der Waals surface area contributed by atoms with Gasteiger partial charge in [0.1, 0.15) is 0 Å². The van der Waals surface area contributed by atoms with Crippen LogP contribution in [0, 0.1) is 5.92 Å². The number of sulfone groups is 1. The maximum Gasteiger partial charge on any atom is 0.224 e. The van der Waals surface area contributed by atoms with Gasteiger partial charge in [-0.2, -0.15) is 0 Å². The average Bonchev–Trinajstić information content (AvgIpc) is 2.58. The summed E-state index contributed by atoms with van der Waals surface area (Å²) in [5.74, 6) is -0.495. The molecule has 2 rings (SSSR count). The highest BCUT2D eigenvalue weighted by Gasteiger charge is 2.21. The molecule has 128 valence electrons. The molecule has 0 bridgehead atoms. The largest absolute Gasteiger partial charge is 0.345 e. The molecule has 0 spiro atoms. The number of nitrogens with two attached hydrogens (primary N) is 1. The van der Waals surface area contributed by atoms with E-state index in [1.165, 1.54) is 6.26 Å². The number of hydrogen-bond donors (Lipinski definition) is 2. The zero-order valence-electron chi connectivity index (χ0n) is 13.8. The van der Waals surface area contributed by atoms with Gasteiger partial charge < -0.3 is 11.1 Å². The van der Waals surface area contributed by atoms with Crippen LogP contribution in [0.25, 0.3) is 0 Å². The van der Waals surface area contributed by atoms with Crippen LogP contribution in [-0.2, 0) is 14.6 Å². The first kappa shape index (κ1) is 18.2. The van der Waals surface area contributed by atoms with Crippen LogP contribution in [-0.4, -0.2) is 27.1 Å². The van der Waals surface area contributed by atoms with E-state index in [1.54, 1.807) is 31.2 Å². The lowest BCUT2D eigenvalue weighted by molar-refractivity contribution is -0.124. The van der Waals surface area contributed by atoms with Crippen LogP contribution >= 0.6 is 0 Å². The second-order valence-corrected chi connectivity index (χ2v) is 7.85. The van der Waals surface area contributed by atoms with Gasteiger partial charge in [0, 0.05) is 18.7 Å². The number of carbonyl (C=O) groups is 1. The van der Waals surface area contributed by atoms with Gasteiger partial charge >= 0.3 is 0 Å². The fourth-order valence-corrected chi connectivity index (χ4v) is 3.00. The summed E-state index contributed by atoms with van der Waals surface area (Å²) in [5.41, 5.74) is 7.15. The molecule has 0 saturated heterocycles. The van der Waals surface area contributed by atoms with E-state index in [4.69, 9.17) is 5.73 Å². The normalized spacial score (nSPS) is 14.0. The summed E-state index contributed by atoms with van der Waals surface area (Å²) < 4.78 is 23.6. The summed E-state index contributed by atoms with van der Waals surface area (Å²) in [6.07, 6.45) is 1.17. The fraction of sp³-hybridized carbons (Fsp3) is 0.278. The summed E-state index contributed by atoms with van der Waals surface area (Å²) in [5, 5.41) is 2.97. The summed E-state index contributed by atoms with van der Waals surface area (Å²) in [7, 11) is -3.32. The lowest BCUT2D eigenvalue weighted by atomic mass is 9.98. The first-order valence-electron chi connectivity index (χ1n) is 7.68. The zero-order valence-corrected chi connectivity index (χ0v) is 14.6. The molecule has 2 atom stereocenters. The van der Waals surface area contributed by atoms with Gasteiger partial charge in [0.05, 0.1) is 10.9 Å². The second kappa shape index (κ2) is 7.59. The molecule has 0 heterocycles. The fourth-order valence-electron chi connectivity index (χ4n) is 2.32. The van der Waals surface area contributed by atoms with Crippen molar-refractivity contribution in [3.05, 3.63) is 65.7 Å². The van der Waals surface area contributed by atoms with Crippen molar-refractivity contribution < 1.29 is 13.2 Å². The smallest absolute Gasteiger partial charge is 0.224 e. The highest BCUT2D eigenvalue weighted by atomic mass is 32.2. The van der Waals surface area contributed by atoms with Crippen LogP contribution in [0.5, 0.6) is 0 Å². The number of nitrogens with one attached hydrogen (secondary N) is 1. The van der Waals surface area contributed by atoms with Gasteiger partial charge in [0.25, 0.3) is 0 Å². The highest BCUT2D eigenvalue weighted by molar-refractivity contribution is 7.90. The van der Waals surface area contributed by atoms with Crippen LogP contribution in [0.3, 0.4) is 0 Å². The molecule has 2 unspecified atom stereocenters. The molecule has 0 aliphatic carbocycles. The molecule has 0 radical (unpaired) electrons. The summed E-state index contributed by atoms with van der Waals surface area (Å²) in [4.78, 5) is 12.5. The molecular weight excluding hydrogens is 324 g/mol. The van der Waals surface area contributed by atoms with Crippen molar-refractivity contribution in [3.8, 4) is 0 Å². The number of rotatable bonds is 6. The third kappa shape index (κ3) is 4.43. The minimum atomic E-state index is -3.32. The molecule has 0 aliphatic heterocycles. The Morgan fingerprint density at radius 1 is 1.08 bits per heavy atom. The van der Waals surface area contributed by atoms with Gasteiger partial charge in [-0.25, -0.2) is 8.42 Å². The van der Waals surface area contributed by atoms with Crippen molar-refractivity contribution in [1.82, 2.24) is 5.32 Å². The monoisotopic (exact) mass is 346 g/mol. The van der Waals surface area contributed by atoms with Crippen LogP contribution in [0.15, 0.2) is 59.5 Å². The van der Waals surface area contributed by atoms with E-state index in [2.05, 4.69) is 5.32 Å². The minimum Gasteiger partial charge on any atom is -0.345 e. The minimum absolute atomic E-state index is 0.170. The van der Waals surface area contributed by atoms with Crippen molar-refractivity contribution in [2.24, 2.45) is 11.7 Å². The second-order valence-electron chi connectivity index (χ2n) is 5.83. The van der Waals surface area contributed by atoms with Gasteiger partial charge in [-0.15, -0.1) is 0 Å². The van der Waals surface area contributed by atoms with E-state index in [0.717, 1.165) is 5.56 Å². The van der Waals surface area contributed by atoms with E-state index in [-0.39, 0.29) is 23.3 Å². The zero-order chi connectivity index (χ0) is 17.7. The standard InChI is InChI=1S/C18H22N2O3S/c1-13(12-19)18(21)20-17(14-7-4-3-5-8-14)15-9-6-10-16(11-15)24(2,22)23/h3-11,13,17H,12,19H2,1-2H3,(H,20,21). The van der Waals surface area contributed by atoms with Crippen molar-refractivity contribution in [1.29, 1.82) is 0 Å². The number of amides is 1. The molecule has 0 aliphatic rings. The molecule has 5 nitrogen and oxygen atoms in total. The molecule has 6 heteroatoms. The Morgan fingerprint density at radius 2 is 1.71 bits per heavy atom. The molecule has 24 heavy (non-hydrogen) atoms. The molecule has 3 N–H and O–H groups in total. The van der Waals surface area contributed by atoms with Crippen LogP contribution in [0.2, 0.25) is 0 Å². The molecular formula is C18H22N2O3S. The Kier molecular flexibility index (Phi) is 5.75. The van der Waals surface area contributed by atoms with Gasteiger partial charge in [-0.1, -0.05) is 49.4 Å². The Balaban J connectivity index is 2.45. The summed E-state index contributed by atoms with van der Waals surface area (Å²) >= 11 is 0. The molecule has 0 aromatic heterocycles. The number of carbonyl (C=O) groups excluding carboxylic acids is 1. The first-order valence-corrected chi connectivity index (χ1v) is 9.57. The third-order valence-corrected chi connectivity index (χ3v) is 4.95. The number of benzene rings is 2. The van der Waals surface area contributed by atoms with Gasteiger partial charge in [-0.05, 0) is 23.3 Å². The van der Waals surface area contributed by atoms with Crippen molar-refractivity contribution >= 4 is 15.7 Å². The lowest BCUT2D eigenvalue weighted by Crippen LogP contribution is -2.36. The SMILES string of the molecule is CC(CN)C(=O)NC(c1ccccc1)c1cccc(S(C)(=O)=O)c1. The summed E-state index contributed by atoms with van der Waals surface area (Å²) in [6, 6.07) is 15.6. The van der Waals surface area contributed by atoms with Crippen molar-refractivity contribution in [2.45, 2.75) is 17.9 Å². The van der Waals surface area contributed by atoms with Gasteiger partial charge in [0.2, 0.25) is 5.91 Å². The van der Waals surface area contributed by atoms with Crippen molar-refractivity contribution in [2.75, 3.05) is 12.8 Å². The van der Waals surface area contributed by atoms with Crippen molar-refractivity contribution in [3.63, 3.8) is 0 Å². The van der Waals surface area contributed by atoms with Crippen LogP contribution < -0.4 is 11.1 Å². The topological polar surface area (TPSA) is 89.3 Å². The maximum absolute atomic E-state index is 12.3. The maximum atomic E-state index is 12.3. The Labute approximate surface area is 142 Å². The summed E-state index contributed by atoms with van der Waals surface area (Å²) in [6.45, 7) is 2.00. The first-order chi connectivity index (χ1) is 11.3. The van der Waals surface area contributed by atoms with E-state index >= 15 is 0 Å². The quantitative estimate of drug-likeness (QED) is 0.836. The van der Waals surface area contributed by atoms with Gasteiger partial charge in [0.15, 0.2) is 9.84 Å². The van der Waals surface area contributed by atoms with Crippen LogP contribution in [0.1, 0.15) is 24.1 Å². The molecule has 0 saturated carbocycles.